The van der Waals surface area contributed by atoms with E-state index in [2.05, 4.69) is 17.6 Å². The summed E-state index contributed by atoms with van der Waals surface area (Å²) >= 11 is 8.63. The van der Waals surface area contributed by atoms with Gasteiger partial charge in [0.15, 0.2) is 0 Å². The molecule has 3 rings (SSSR count). The van der Waals surface area contributed by atoms with Crippen molar-refractivity contribution in [1.82, 2.24) is 5.32 Å². The smallest absolute Gasteiger partial charge is 0.266 e. The van der Waals surface area contributed by atoms with Gasteiger partial charge in [-0.2, -0.15) is 0 Å². The maximum absolute atomic E-state index is 12.4. The van der Waals surface area contributed by atoms with Gasteiger partial charge in [0.25, 0.3) is 11.8 Å². The summed E-state index contributed by atoms with van der Waals surface area (Å²) in [6.07, 6.45) is 2.92. The van der Waals surface area contributed by atoms with Crippen LogP contribution < -0.4 is 10.6 Å². The second-order valence-corrected chi connectivity index (χ2v) is 8.51. The molecule has 0 aromatic carbocycles. The maximum Gasteiger partial charge on any atom is 0.266 e. The fourth-order valence-electron chi connectivity index (χ4n) is 2.81. The first kappa shape index (κ1) is 16.5. The number of amides is 2. The van der Waals surface area contributed by atoms with Gasteiger partial charge in [-0.05, 0) is 42.9 Å². The summed E-state index contributed by atoms with van der Waals surface area (Å²) < 4.78 is 0.570. The van der Waals surface area contributed by atoms with Crippen molar-refractivity contribution in [3.8, 4) is 0 Å². The lowest BCUT2D eigenvalue weighted by Crippen LogP contribution is -2.22. The van der Waals surface area contributed by atoms with Crippen molar-refractivity contribution in [3.05, 3.63) is 37.4 Å². The normalized spacial score (nSPS) is 16.7. The van der Waals surface area contributed by atoms with Gasteiger partial charge in [-0.1, -0.05) is 18.5 Å². The van der Waals surface area contributed by atoms with Gasteiger partial charge in [0.2, 0.25) is 0 Å². The van der Waals surface area contributed by atoms with E-state index in [1.165, 1.54) is 27.6 Å². The van der Waals surface area contributed by atoms with Crippen LogP contribution in [0.25, 0.3) is 0 Å². The minimum Gasteiger partial charge on any atom is -0.355 e. The number of rotatable bonds is 3. The van der Waals surface area contributed by atoms with Crippen molar-refractivity contribution in [2.24, 2.45) is 5.92 Å². The van der Waals surface area contributed by atoms with Crippen molar-refractivity contribution in [1.29, 1.82) is 0 Å². The van der Waals surface area contributed by atoms with Gasteiger partial charge in [-0.15, -0.1) is 22.7 Å². The van der Waals surface area contributed by atoms with Crippen LogP contribution in [0.5, 0.6) is 0 Å². The molecule has 0 spiro atoms. The molecule has 0 fully saturated rings. The molecule has 7 heteroatoms. The van der Waals surface area contributed by atoms with Crippen LogP contribution in [0.15, 0.2) is 12.1 Å². The molecule has 2 aromatic rings. The van der Waals surface area contributed by atoms with E-state index in [0.29, 0.717) is 25.7 Å². The van der Waals surface area contributed by atoms with E-state index < -0.39 is 0 Å². The van der Waals surface area contributed by atoms with Gasteiger partial charge in [-0.3, -0.25) is 9.59 Å². The van der Waals surface area contributed by atoms with Gasteiger partial charge >= 0.3 is 0 Å². The Morgan fingerprint density at radius 1 is 1.26 bits per heavy atom. The number of carbonyl (C=O) groups is 2. The van der Waals surface area contributed by atoms with Crippen LogP contribution in [0.4, 0.5) is 5.00 Å². The van der Waals surface area contributed by atoms with Crippen LogP contribution in [-0.2, 0) is 12.8 Å². The standard InChI is InChI=1S/C16H17ClN2O2S2/c1-8-3-4-9-11(7-8)23-16(13(9)15(21)18-2)19-14(20)10-5-6-12(17)22-10/h5-6,8H,3-4,7H2,1-2H3,(H,18,21)(H,19,20)/t8-/m0/s1. The molecule has 2 amide bonds. The number of thiophene rings is 2. The maximum atomic E-state index is 12.4. The molecule has 23 heavy (non-hydrogen) atoms. The van der Waals surface area contributed by atoms with E-state index >= 15 is 0 Å². The molecule has 0 aliphatic heterocycles. The fourth-order valence-corrected chi connectivity index (χ4v) is 5.15. The highest BCUT2D eigenvalue weighted by Gasteiger charge is 2.28. The largest absolute Gasteiger partial charge is 0.355 e. The van der Waals surface area contributed by atoms with E-state index in [1.807, 2.05) is 0 Å². The van der Waals surface area contributed by atoms with Gasteiger partial charge in [0, 0.05) is 11.9 Å². The van der Waals surface area contributed by atoms with Crippen molar-refractivity contribution in [2.45, 2.75) is 26.2 Å². The molecule has 2 N–H and O–H groups in total. The second kappa shape index (κ2) is 6.63. The minimum absolute atomic E-state index is 0.142. The molecule has 1 aliphatic carbocycles. The van der Waals surface area contributed by atoms with Crippen LogP contribution in [-0.4, -0.2) is 18.9 Å². The minimum atomic E-state index is -0.223. The Balaban J connectivity index is 1.95. The van der Waals surface area contributed by atoms with Crippen LogP contribution in [0.1, 0.15) is 43.8 Å². The van der Waals surface area contributed by atoms with E-state index in [0.717, 1.165) is 24.8 Å². The fraction of sp³-hybridized carbons (Fsp3) is 0.375. The summed E-state index contributed by atoms with van der Waals surface area (Å²) in [5, 5.41) is 6.22. The monoisotopic (exact) mass is 368 g/mol. The molecule has 1 atom stereocenters. The number of hydrogen-bond acceptors (Lipinski definition) is 4. The van der Waals surface area contributed by atoms with Gasteiger partial charge in [-0.25, -0.2) is 0 Å². The van der Waals surface area contributed by atoms with Crippen LogP contribution >= 0.6 is 34.3 Å². The quantitative estimate of drug-likeness (QED) is 0.852. The van der Waals surface area contributed by atoms with Gasteiger partial charge < -0.3 is 10.6 Å². The molecule has 122 valence electrons. The third kappa shape index (κ3) is 3.29. The zero-order valence-electron chi connectivity index (χ0n) is 12.9. The van der Waals surface area contributed by atoms with Gasteiger partial charge in [0.1, 0.15) is 5.00 Å². The van der Waals surface area contributed by atoms with E-state index in [9.17, 15) is 9.59 Å². The Labute approximate surface area is 147 Å². The SMILES string of the molecule is CNC(=O)c1c(NC(=O)c2ccc(Cl)s2)sc2c1CC[C@H](C)C2. The molecule has 1 aliphatic rings. The average molecular weight is 369 g/mol. The lowest BCUT2D eigenvalue weighted by atomic mass is 9.88. The van der Waals surface area contributed by atoms with Crippen LogP contribution in [0, 0.1) is 5.92 Å². The Bertz CT molecular complexity index is 766. The summed E-state index contributed by atoms with van der Waals surface area (Å²) in [4.78, 5) is 26.4. The Morgan fingerprint density at radius 2 is 2.04 bits per heavy atom. The summed E-state index contributed by atoms with van der Waals surface area (Å²) in [6.45, 7) is 2.22. The third-order valence-electron chi connectivity index (χ3n) is 3.99. The summed E-state index contributed by atoms with van der Waals surface area (Å²) in [5.74, 6) is 0.244. The number of anilines is 1. The highest BCUT2D eigenvalue weighted by molar-refractivity contribution is 7.18. The molecule has 0 bridgehead atoms. The highest BCUT2D eigenvalue weighted by atomic mass is 35.5. The molecule has 0 radical (unpaired) electrons. The topological polar surface area (TPSA) is 58.2 Å². The molecule has 2 aromatic heterocycles. The Kier molecular flexibility index (Phi) is 4.75. The first-order valence-electron chi connectivity index (χ1n) is 7.43. The molecule has 4 nitrogen and oxygen atoms in total. The van der Waals surface area contributed by atoms with Crippen molar-refractivity contribution in [3.63, 3.8) is 0 Å². The number of halogens is 1. The molecular weight excluding hydrogens is 352 g/mol. The van der Waals surface area contributed by atoms with Crippen LogP contribution in [0.3, 0.4) is 0 Å². The number of nitrogens with one attached hydrogen (secondary N) is 2. The average Bonchev–Trinajstić information content (AvgIpc) is 3.09. The lowest BCUT2D eigenvalue weighted by Gasteiger charge is -2.18. The van der Waals surface area contributed by atoms with Crippen molar-refractivity contribution in [2.75, 3.05) is 12.4 Å². The first-order chi connectivity index (χ1) is 11.0. The van der Waals surface area contributed by atoms with Crippen molar-refractivity contribution >= 4 is 51.1 Å². The van der Waals surface area contributed by atoms with E-state index in [-0.39, 0.29) is 11.8 Å². The predicted molar refractivity (Wildman–Crippen MR) is 96.2 cm³/mol. The molecular formula is C16H17ClN2O2S2. The Hall–Kier alpha value is -1.37. The molecule has 0 saturated carbocycles. The summed E-state index contributed by atoms with van der Waals surface area (Å²) in [7, 11) is 1.61. The second-order valence-electron chi connectivity index (χ2n) is 5.69. The first-order valence-corrected chi connectivity index (χ1v) is 9.44. The molecule has 0 saturated heterocycles. The number of hydrogen-bond donors (Lipinski definition) is 2. The Morgan fingerprint density at radius 3 is 2.70 bits per heavy atom. The lowest BCUT2D eigenvalue weighted by molar-refractivity contribution is 0.0963. The number of carbonyl (C=O) groups excluding carboxylic acids is 2. The molecule has 2 heterocycles. The third-order valence-corrected chi connectivity index (χ3v) is 6.39. The number of fused-ring (bicyclic) bond motifs is 1. The van der Waals surface area contributed by atoms with E-state index in [1.54, 1.807) is 19.2 Å². The highest BCUT2D eigenvalue weighted by Crippen LogP contribution is 2.40. The predicted octanol–water partition coefficient (Wildman–Crippen LogP) is 4.20. The van der Waals surface area contributed by atoms with Crippen LogP contribution in [0.2, 0.25) is 4.34 Å². The van der Waals surface area contributed by atoms with E-state index in [4.69, 9.17) is 11.6 Å². The molecule has 0 unspecified atom stereocenters. The zero-order chi connectivity index (χ0) is 16.6. The van der Waals surface area contributed by atoms with Gasteiger partial charge in [0.05, 0.1) is 14.8 Å². The summed E-state index contributed by atoms with van der Waals surface area (Å²) in [5.41, 5.74) is 1.71. The van der Waals surface area contributed by atoms with Crippen molar-refractivity contribution < 1.29 is 9.59 Å². The zero-order valence-corrected chi connectivity index (χ0v) is 15.3. The summed E-state index contributed by atoms with van der Waals surface area (Å²) in [6, 6.07) is 3.39.